The summed E-state index contributed by atoms with van der Waals surface area (Å²) in [6.07, 6.45) is 1.10. The Morgan fingerprint density at radius 3 is 2.54 bits per heavy atom. The third-order valence-electron chi connectivity index (χ3n) is 3.45. The SMILES string of the molecule is CC(C)c1ccc(-n2c(O)c(C=NNCCO)c(=O)[nH]c2=O)cc1. The molecule has 0 spiro atoms. The van der Waals surface area contributed by atoms with E-state index in [1.807, 2.05) is 26.0 Å². The van der Waals surface area contributed by atoms with Gasteiger partial charge in [-0.05, 0) is 23.6 Å². The molecule has 0 amide bonds. The summed E-state index contributed by atoms with van der Waals surface area (Å²) in [5.41, 5.74) is 2.37. The predicted molar refractivity (Wildman–Crippen MR) is 91.1 cm³/mol. The van der Waals surface area contributed by atoms with Crippen LogP contribution in [0.25, 0.3) is 5.69 Å². The van der Waals surface area contributed by atoms with Crippen LogP contribution in [0.3, 0.4) is 0 Å². The van der Waals surface area contributed by atoms with E-state index in [4.69, 9.17) is 5.11 Å². The summed E-state index contributed by atoms with van der Waals surface area (Å²) >= 11 is 0. The van der Waals surface area contributed by atoms with Crippen LogP contribution in [-0.2, 0) is 0 Å². The Hall–Kier alpha value is -2.87. The molecule has 0 saturated carbocycles. The largest absolute Gasteiger partial charge is 0.493 e. The van der Waals surface area contributed by atoms with Gasteiger partial charge in [0, 0.05) is 0 Å². The van der Waals surface area contributed by atoms with Crippen LogP contribution in [0.2, 0.25) is 0 Å². The molecule has 8 heteroatoms. The van der Waals surface area contributed by atoms with Gasteiger partial charge in [0.15, 0.2) is 0 Å². The number of hydrogen-bond acceptors (Lipinski definition) is 6. The summed E-state index contributed by atoms with van der Waals surface area (Å²) in [5, 5.41) is 22.7. The monoisotopic (exact) mass is 332 g/mol. The van der Waals surface area contributed by atoms with E-state index < -0.39 is 17.1 Å². The Labute approximate surface area is 138 Å². The van der Waals surface area contributed by atoms with E-state index in [9.17, 15) is 14.7 Å². The van der Waals surface area contributed by atoms with E-state index >= 15 is 0 Å². The second-order valence-electron chi connectivity index (χ2n) is 5.47. The van der Waals surface area contributed by atoms with E-state index in [0.717, 1.165) is 16.3 Å². The van der Waals surface area contributed by atoms with Crippen molar-refractivity contribution in [1.82, 2.24) is 15.0 Å². The van der Waals surface area contributed by atoms with E-state index in [0.29, 0.717) is 11.6 Å². The smallest absolute Gasteiger partial charge is 0.335 e. The number of aromatic amines is 1. The standard InChI is InChI=1S/C16H20N4O4/c1-10(2)11-3-5-12(6-4-11)20-15(23)13(9-18-17-7-8-21)14(22)19-16(20)24/h3-6,9-10,17,21,23H,7-8H2,1-2H3,(H,19,22,24). The van der Waals surface area contributed by atoms with Gasteiger partial charge in [0.25, 0.3) is 5.56 Å². The maximum atomic E-state index is 12.1. The molecule has 1 aromatic heterocycles. The molecule has 24 heavy (non-hydrogen) atoms. The second-order valence-corrected chi connectivity index (χ2v) is 5.47. The van der Waals surface area contributed by atoms with Gasteiger partial charge in [-0.15, -0.1) is 0 Å². The summed E-state index contributed by atoms with van der Waals surface area (Å²) in [4.78, 5) is 26.1. The third-order valence-corrected chi connectivity index (χ3v) is 3.45. The Bertz CT molecular complexity index is 835. The molecule has 0 saturated heterocycles. The number of nitrogens with one attached hydrogen (secondary N) is 2. The minimum absolute atomic E-state index is 0.124. The quantitative estimate of drug-likeness (QED) is 0.344. The fourth-order valence-corrected chi connectivity index (χ4v) is 2.13. The van der Waals surface area contributed by atoms with Crippen molar-refractivity contribution in [3.05, 3.63) is 56.2 Å². The minimum Gasteiger partial charge on any atom is -0.493 e. The number of aromatic nitrogens is 2. The molecule has 0 radical (unpaired) electrons. The zero-order valence-electron chi connectivity index (χ0n) is 13.5. The number of aliphatic hydroxyl groups is 1. The molecule has 8 nitrogen and oxygen atoms in total. The Morgan fingerprint density at radius 1 is 1.29 bits per heavy atom. The molecule has 1 heterocycles. The maximum absolute atomic E-state index is 12.1. The van der Waals surface area contributed by atoms with Crippen molar-refractivity contribution >= 4 is 6.21 Å². The fourth-order valence-electron chi connectivity index (χ4n) is 2.13. The van der Waals surface area contributed by atoms with Crippen LogP contribution in [0, 0.1) is 0 Å². The fraction of sp³-hybridized carbons (Fsp3) is 0.312. The number of hydrazone groups is 1. The van der Waals surface area contributed by atoms with Crippen molar-refractivity contribution in [2.45, 2.75) is 19.8 Å². The summed E-state index contributed by atoms with van der Waals surface area (Å²) in [6.45, 7) is 4.17. The second kappa shape index (κ2) is 7.60. The molecule has 0 bridgehead atoms. The van der Waals surface area contributed by atoms with Crippen molar-refractivity contribution in [2.24, 2.45) is 5.10 Å². The summed E-state index contributed by atoms with van der Waals surface area (Å²) < 4.78 is 0.999. The molecule has 0 aliphatic carbocycles. The summed E-state index contributed by atoms with van der Waals surface area (Å²) in [6, 6.07) is 7.10. The zero-order chi connectivity index (χ0) is 17.7. The average molecular weight is 332 g/mol. The Morgan fingerprint density at radius 2 is 1.96 bits per heavy atom. The highest BCUT2D eigenvalue weighted by atomic mass is 16.3. The van der Waals surface area contributed by atoms with Gasteiger partial charge >= 0.3 is 5.69 Å². The first-order valence-electron chi connectivity index (χ1n) is 7.51. The van der Waals surface area contributed by atoms with E-state index in [-0.39, 0.29) is 18.7 Å². The lowest BCUT2D eigenvalue weighted by Crippen LogP contribution is -2.31. The van der Waals surface area contributed by atoms with Crippen LogP contribution < -0.4 is 16.7 Å². The molecule has 1 aromatic carbocycles. The van der Waals surface area contributed by atoms with Crippen LogP contribution in [0.15, 0.2) is 39.0 Å². The number of H-pyrrole nitrogens is 1. The lowest BCUT2D eigenvalue weighted by Gasteiger charge is -2.11. The van der Waals surface area contributed by atoms with Gasteiger partial charge in [-0.25, -0.2) is 9.36 Å². The van der Waals surface area contributed by atoms with Crippen LogP contribution in [0.1, 0.15) is 30.9 Å². The lowest BCUT2D eigenvalue weighted by atomic mass is 10.0. The van der Waals surface area contributed by atoms with Gasteiger partial charge < -0.3 is 15.6 Å². The zero-order valence-corrected chi connectivity index (χ0v) is 13.5. The van der Waals surface area contributed by atoms with Gasteiger partial charge in [-0.3, -0.25) is 9.78 Å². The number of aromatic hydroxyl groups is 1. The van der Waals surface area contributed by atoms with Crippen LogP contribution >= 0.6 is 0 Å². The van der Waals surface area contributed by atoms with Crippen molar-refractivity contribution in [2.75, 3.05) is 13.2 Å². The highest BCUT2D eigenvalue weighted by molar-refractivity contribution is 5.82. The molecular weight excluding hydrogens is 312 g/mol. The van der Waals surface area contributed by atoms with Gasteiger partial charge in [-0.1, -0.05) is 26.0 Å². The maximum Gasteiger partial charge on any atom is 0.335 e. The molecule has 0 atom stereocenters. The molecule has 0 aliphatic rings. The van der Waals surface area contributed by atoms with Gasteiger partial charge in [0.05, 0.1) is 25.1 Å². The van der Waals surface area contributed by atoms with Crippen LogP contribution in [0.5, 0.6) is 5.88 Å². The number of rotatable bonds is 6. The molecule has 2 aromatic rings. The van der Waals surface area contributed by atoms with Crippen molar-refractivity contribution in [1.29, 1.82) is 0 Å². The summed E-state index contributed by atoms with van der Waals surface area (Å²) in [7, 11) is 0. The van der Waals surface area contributed by atoms with Gasteiger partial charge in [0.2, 0.25) is 5.88 Å². The van der Waals surface area contributed by atoms with Gasteiger partial charge in [-0.2, -0.15) is 5.10 Å². The molecule has 0 unspecified atom stereocenters. The first-order valence-corrected chi connectivity index (χ1v) is 7.51. The minimum atomic E-state index is -0.748. The average Bonchev–Trinajstić information content (AvgIpc) is 2.54. The number of nitrogens with zero attached hydrogens (tertiary/aromatic N) is 2. The van der Waals surface area contributed by atoms with Crippen molar-refractivity contribution < 1.29 is 10.2 Å². The third kappa shape index (κ3) is 3.72. The number of aliphatic hydroxyl groups excluding tert-OH is 1. The molecule has 0 aliphatic heterocycles. The number of benzene rings is 1. The molecule has 2 rings (SSSR count). The van der Waals surface area contributed by atoms with Crippen LogP contribution in [0.4, 0.5) is 0 Å². The lowest BCUT2D eigenvalue weighted by molar-refractivity contribution is 0.294. The van der Waals surface area contributed by atoms with E-state index in [2.05, 4.69) is 15.5 Å². The van der Waals surface area contributed by atoms with Gasteiger partial charge in [0.1, 0.15) is 5.56 Å². The van der Waals surface area contributed by atoms with Crippen LogP contribution in [-0.4, -0.2) is 39.1 Å². The van der Waals surface area contributed by atoms with E-state index in [1.165, 1.54) is 0 Å². The van der Waals surface area contributed by atoms with E-state index in [1.54, 1.807) is 12.1 Å². The molecule has 0 fully saturated rings. The topological polar surface area (TPSA) is 120 Å². The number of hydrogen-bond donors (Lipinski definition) is 4. The highest BCUT2D eigenvalue weighted by Crippen LogP contribution is 2.19. The normalized spacial score (nSPS) is 11.3. The Balaban J connectivity index is 2.48. The first kappa shape index (κ1) is 17.5. The van der Waals surface area contributed by atoms with Crippen molar-refractivity contribution in [3.63, 3.8) is 0 Å². The highest BCUT2D eigenvalue weighted by Gasteiger charge is 2.14. The summed E-state index contributed by atoms with van der Waals surface area (Å²) in [5.74, 6) is -0.171. The van der Waals surface area contributed by atoms with Crippen molar-refractivity contribution in [3.8, 4) is 11.6 Å². The molecular formula is C16H20N4O4. The predicted octanol–water partition coefficient (Wildman–Crippen LogP) is 0.271. The first-order chi connectivity index (χ1) is 11.5. The molecule has 128 valence electrons. The Kier molecular flexibility index (Phi) is 5.54. The molecule has 4 N–H and O–H groups in total.